The number of fused-ring (bicyclic) bond motifs is 1. The number of methoxy groups -OCH3 is 1. The molecule has 3 nitrogen and oxygen atoms in total. The molecule has 0 fully saturated rings. The molecule has 0 aliphatic heterocycles. The van der Waals surface area contributed by atoms with E-state index >= 15 is 0 Å². The molecule has 0 saturated carbocycles. The summed E-state index contributed by atoms with van der Waals surface area (Å²) in [6.07, 6.45) is 0. The van der Waals surface area contributed by atoms with E-state index in [4.69, 9.17) is 0 Å². The number of ether oxygens (including phenoxy) is 1. The Labute approximate surface area is 137 Å². The molecule has 23 heavy (non-hydrogen) atoms. The molecular formula is C19H16O3S. The Kier molecular flexibility index (Phi) is 4.53. The Morgan fingerprint density at radius 2 is 1.65 bits per heavy atom. The minimum Gasteiger partial charge on any atom is -0.465 e. The van der Waals surface area contributed by atoms with Gasteiger partial charge in [-0.1, -0.05) is 42.5 Å². The summed E-state index contributed by atoms with van der Waals surface area (Å²) in [6, 6.07) is 20.9. The summed E-state index contributed by atoms with van der Waals surface area (Å²) in [5.41, 5.74) is 1.41. The van der Waals surface area contributed by atoms with E-state index in [0.29, 0.717) is 11.3 Å². The molecule has 3 aromatic rings. The molecule has 4 heteroatoms. The SMILES string of the molecule is COC(=O)c1ccc(CS(=O)c2ccc3ccccc3c2)cc1. The van der Waals surface area contributed by atoms with E-state index in [1.807, 2.05) is 54.6 Å². The van der Waals surface area contributed by atoms with Crippen molar-refractivity contribution in [3.63, 3.8) is 0 Å². The Balaban J connectivity index is 1.78. The Morgan fingerprint density at radius 1 is 0.957 bits per heavy atom. The molecule has 0 aliphatic carbocycles. The van der Waals surface area contributed by atoms with E-state index in [9.17, 15) is 9.00 Å². The van der Waals surface area contributed by atoms with E-state index in [2.05, 4.69) is 4.74 Å². The molecule has 0 spiro atoms. The van der Waals surface area contributed by atoms with Crippen LogP contribution in [0.4, 0.5) is 0 Å². The number of hydrogen-bond donors (Lipinski definition) is 0. The average molecular weight is 324 g/mol. The highest BCUT2D eigenvalue weighted by atomic mass is 32.2. The van der Waals surface area contributed by atoms with Crippen molar-refractivity contribution >= 4 is 27.5 Å². The van der Waals surface area contributed by atoms with Gasteiger partial charge < -0.3 is 4.74 Å². The number of benzene rings is 3. The second-order valence-electron chi connectivity index (χ2n) is 5.19. The van der Waals surface area contributed by atoms with Crippen LogP contribution in [0.2, 0.25) is 0 Å². The van der Waals surface area contributed by atoms with E-state index in [1.54, 1.807) is 12.1 Å². The fourth-order valence-electron chi connectivity index (χ4n) is 2.40. The summed E-state index contributed by atoms with van der Waals surface area (Å²) < 4.78 is 17.2. The van der Waals surface area contributed by atoms with Gasteiger partial charge in [-0.3, -0.25) is 4.21 Å². The summed E-state index contributed by atoms with van der Waals surface area (Å²) >= 11 is 0. The topological polar surface area (TPSA) is 43.4 Å². The lowest BCUT2D eigenvalue weighted by Gasteiger charge is -2.06. The number of hydrogen-bond acceptors (Lipinski definition) is 3. The number of rotatable bonds is 4. The summed E-state index contributed by atoms with van der Waals surface area (Å²) in [4.78, 5) is 12.2. The Hall–Kier alpha value is -2.46. The highest BCUT2D eigenvalue weighted by molar-refractivity contribution is 7.84. The molecule has 0 saturated heterocycles. The van der Waals surface area contributed by atoms with Crippen molar-refractivity contribution in [2.75, 3.05) is 7.11 Å². The fourth-order valence-corrected chi connectivity index (χ4v) is 3.54. The zero-order chi connectivity index (χ0) is 16.2. The van der Waals surface area contributed by atoms with Gasteiger partial charge in [0.25, 0.3) is 0 Å². The standard InChI is InChI=1S/C19H16O3S/c1-22-19(20)16-8-6-14(7-9-16)13-23(21)18-11-10-15-4-2-3-5-17(15)12-18/h2-12H,13H2,1H3. The van der Waals surface area contributed by atoms with Crippen LogP contribution in [-0.2, 0) is 21.3 Å². The van der Waals surface area contributed by atoms with Crippen LogP contribution in [0.3, 0.4) is 0 Å². The van der Waals surface area contributed by atoms with Gasteiger partial charge in [0, 0.05) is 4.90 Å². The van der Waals surface area contributed by atoms with Crippen LogP contribution in [0, 0.1) is 0 Å². The fraction of sp³-hybridized carbons (Fsp3) is 0.105. The molecule has 3 rings (SSSR count). The van der Waals surface area contributed by atoms with Crippen molar-refractivity contribution in [1.82, 2.24) is 0 Å². The maximum atomic E-state index is 12.6. The van der Waals surface area contributed by atoms with Crippen LogP contribution in [0.25, 0.3) is 10.8 Å². The van der Waals surface area contributed by atoms with Gasteiger partial charge in [0.2, 0.25) is 0 Å². The predicted molar refractivity (Wildman–Crippen MR) is 91.8 cm³/mol. The van der Waals surface area contributed by atoms with Crippen LogP contribution < -0.4 is 0 Å². The van der Waals surface area contributed by atoms with Gasteiger partial charge in [-0.05, 0) is 40.6 Å². The minimum atomic E-state index is -1.13. The molecule has 0 radical (unpaired) electrons. The zero-order valence-electron chi connectivity index (χ0n) is 12.7. The highest BCUT2D eigenvalue weighted by Gasteiger charge is 2.08. The first-order chi connectivity index (χ1) is 11.2. The third-order valence-corrected chi connectivity index (χ3v) is 5.03. The molecule has 0 aromatic heterocycles. The third kappa shape index (κ3) is 3.48. The molecule has 0 bridgehead atoms. The molecule has 0 N–H and O–H groups in total. The van der Waals surface area contributed by atoms with Crippen molar-refractivity contribution < 1.29 is 13.7 Å². The zero-order valence-corrected chi connectivity index (χ0v) is 13.5. The maximum absolute atomic E-state index is 12.6. The molecular weight excluding hydrogens is 308 g/mol. The molecule has 1 atom stereocenters. The van der Waals surface area contributed by atoms with Crippen LogP contribution in [0.5, 0.6) is 0 Å². The smallest absolute Gasteiger partial charge is 0.337 e. The van der Waals surface area contributed by atoms with Gasteiger partial charge in [-0.2, -0.15) is 0 Å². The lowest BCUT2D eigenvalue weighted by molar-refractivity contribution is 0.0600. The van der Waals surface area contributed by atoms with Crippen LogP contribution in [-0.4, -0.2) is 17.3 Å². The molecule has 0 heterocycles. The maximum Gasteiger partial charge on any atom is 0.337 e. The van der Waals surface area contributed by atoms with Crippen LogP contribution in [0.1, 0.15) is 15.9 Å². The van der Waals surface area contributed by atoms with Crippen molar-refractivity contribution in [2.24, 2.45) is 0 Å². The van der Waals surface area contributed by atoms with Gasteiger partial charge >= 0.3 is 5.97 Å². The second kappa shape index (κ2) is 6.75. The number of esters is 1. The first kappa shape index (κ1) is 15.4. The second-order valence-corrected chi connectivity index (χ2v) is 6.64. The van der Waals surface area contributed by atoms with E-state index in [1.165, 1.54) is 7.11 Å². The first-order valence-corrected chi connectivity index (χ1v) is 8.54. The average Bonchev–Trinajstić information content (AvgIpc) is 2.61. The molecule has 0 amide bonds. The van der Waals surface area contributed by atoms with E-state index < -0.39 is 10.8 Å². The predicted octanol–water partition coefficient (Wildman–Crippen LogP) is 3.93. The lowest BCUT2D eigenvalue weighted by atomic mass is 10.1. The minimum absolute atomic E-state index is 0.368. The largest absolute Gasteiger partial charge is 0.465 e. The van der Waals surface area contributed by atoms with Crippen molar-refractivity contribution in [1.29, 1.82) is 0 Å². The van der Waals surface area contributed by atoms with Gasteiger partial charge in [0.05, 0.1) is 29.2 Å². The Morgan fingerprint density at radius 3 is 2.35 bits per heavy atom. The van der Waals surface area contributed by atoms with Crippen LogP contribution >= 0.6 is 0 Å². The number of carbonyl (C=O) groups is 1. The normalized spacial score (nSPS) is 12.0. The van der Waals surface area contributed by atoms with Gasteiger partial charge in [0.15, 0.2) is 0 Å². The molecule has 0 aliphatic rings. The lowest BCUT2D eigenvalue weighted by Crippen LogP contribution is -2.02. The monoisotopic (exact) mass is 324 g/mol. The Bertz CT molecular complexity index is 869. The van der Waals surface area contributed by atoms with E-state index in [0.717, 1.165) is 21.2 Å². The van der Waals surface area contributed by atoms with Crippen molar-refractivity contribution in [2.45, 2.75) is 10.6 Å². The molecule has 3 aromatic carbocycles. The quantitative estimate of drug-likeness (QED) is 0.683. The number of carbonyl (C=O) groups excluding carboxylic acids is 1. The summed E-state index contributed by atoms with van der Waals surface area (Å²) in [5.74, 6) is 0.0481. The first-order valence-electron chi connectivity index (χ1n) is 7.22. The van der Waals surface area contributed by atoms with Gasteiger partial charge in [0.1, 0.15) is 0 Å². The highest BCUT2D eigenvalue weighted by Crippen LogP contribution is 2.20. The van der Waals surface area contributed by atoms with Crippen LogP contribution in [0.15, 0.2) is 71.6 Å². The molecule has 1 unspecified atom stereocenters. The third-order valence-electron chi connectivity index (χ3n) is 3.66. The van der Waals surface area contributed by atoms with Gasteiger partial charge in [-0.15, -0.1) is 0 Å². The van der Waals surface area contributed by atoms with Crippen molar-refractivity contribution in [3.8, 4) is 0 Å². The summed E-state index contributed by atoms with van der Waals surface area (Å²) in [5, 5.41) is 2.22. The van der Waals surface area contributed by atoms with Crippen molar-refractivity contribution in [3.05, 3.63) is 77.9 Å². The molecule has 116 valence electrons. The summed E-state index contributed by atoms with van der Waals surface area (Å²) in [7, 11) is 0.227. The summed E-state index contributed by atoms with van der Waals surface area (Å²) in [6.45, 7) is 0. The van der Waals surface area contributed by atoms with E-state index in [-0.39, 0.29) is 5.97 Å². The van der Waals surface area contributed by atoms with Gasteiger partial charge in [-0.25, -0.2) is 4.79 Å².